The molecule has 0 rings (SSSR count). The third-order valence-corrected chi connectivity index (χ3v) is 7.09. The second-order valence-electron chi connectivity index (χ2n) is 11.5. The lowest BCUT2D eigenvalue weighted by molar-refractivity contribution is -0.142. The maximum atomic E-state index is 12.2. The van der Waals surface area contributed by atoms with Crippen molar-refractivity contribution in [2.45, 2.75) is 107 Å². The Labute approximate surface area is 296 Å². The highest BCUT2D eigenvalue weighted by atomic mass is 16.4. The summed E-state index contributed by atoms with van der Waals surface area (Å²) in [6, 6.07) is -8.94. The first-order chi connectivity index (χ1) is 24.3. The Morgan fingerprint density at radius 1 is 0.442 bits per heavy atom. The predicted molar refractivity (Wildman–Crippen MR) is 174 cm³/mol. The van der Waals surface area contributed by atoms with Crippen molar-refractivity contribution in [3.63, 3.8) is 0 Å². The van der Waals surface area contributed by atoms with E-state index in [-0.39, 0.29) is 51.6 Å². The molecule has 4 atom stereocenters. The van der Waals surface area contributed by atoms with Crippen LogP contribution in [0.5, 0.6) is 0 Å². The molecule has 0 heterocycles. The minimum atomic E-state index is -1.54. The summed E-state index contributed by atoms with van der Waals surface area (Å²) in [5, 5.41) is 67.7. The minimum Gasteiger partial charge on any atom is -0.481 e. The third kappa shape index (κ3) is 22.8. The number of carboxylic acid groups (broad SMARTS) is 6. The van der Waals surface area contributed by atoms with Crippen molar-refractivity contribution < 1.29 is 78.6 Å². The number of rotatable bonds is 28. The SMILES string of the molecule is NC(CC(=O)NCCCC[C@H](NC(=O)N[C@@H](CCC(=O)O)C(=O)O)C(=O)O)CC(=O)NCCCC[C@H](NC(=O)N[C@@H](CCC(=O)O)C(=O)O)C(=O)O. The van der Waals surface area contributed by atoms with Crippen LogP contribution in [0.4, 0.5) is 9.59 Å². The quantitative estimate of drug-likeness (QED) is 0.0378. The van der Waals surface area contributed by atoms with Crippen molar-refractivity contribution in [2.75, 3.05) is 13.1 Å². The number of nitrogens with two attached hydrogens (primary N) is 1. The Bertz CT molecular complexity index is 1190. The number of amides is 6. The van der Waals surface area contributed by atoms with Gasteiger partial charge in [0.25, 0.3) is 0 Å². The molecule has 14 N–H and O–H groups in total. The highest BCUT2D eigenvalue weighted by Crippen LogP contribution is 2.05. The maximum Gasteiger partial charge on any atom is 0.326 e. The monoisotopic (exact) mass is 749 g/mol. The number of urea groups is 2. The predicted octanol–water partition coefficient (Wildman–Crippen LogP) is -2.19. The van der Waals surface area contributed by atoms with Gasteiger partial charge in [-0.2, -0.15) is 0 Å². The average molecular weight is 750 g/mol. The standard InChI is InChI=1S/C29H47N7O16/c30-15(13-20(37)31-11-3-1-5-16(24(43)44)33-28(51)35-18(26(47)48)7-9-22(39)40)14-21(38)32-12-4-2-6-17(25(45)46)34-29(52)36-19(27(49)50)8-10-23(41)42/h15-19H,1-14,30H2,(H,31,37)(H,32,38)(H,39,40)(H,41,42)(H,43,44)(H,45,46)(H,47,48)(H,49,50)(H2,33,35,51)(H2,34,36,52)/t16-,17-,18-,19-/m0/s1. The highest BCUT2D eigenvalue weighted by molar-refractivity contribution is 5.87. The van der Waals surface area contributed by atoms with Crippen LogP contribution in [0.3, 0.4) is 0 Å². The van der Waals surface area contributed by atoms with Gasteiger partial charge in [-0.15, -0.1) is 0 Å². The van der Waals surface area contributed by atoms with Crippen LogP contribution in [-0.2, 0) is 38.4 Å². The topological polar surface area (TPSA) is 390 Å². The molecular weight excluding hydrogens is 702 g/mol. The minimum absolute atomic E-state index is 0.0720. The van der Waals surface area contributed by atoms with Gasteiger partial charge in [0.2, 0.25) is 11.8 Å². The first-order valence-corrected chi connectivity index (χ1v) is 16.1. The summed E-state index contributed by atoms with van der Waals surface area (Å²) in [5.74, 6) is -9.30. The van der Waals surface area contributed by atoms with Crippen molar-refractivity contribution in [3.05, 3.63) is 0 Å². The van der Waals surface area contributed by atoms with Gasteiger partial charge in [-0.1, -0.05) is 0 Å². The Balaban J connectivity index is 4.39. The number of carboxylic acids is 6. The summed E-state index contributed by atoms with van der Waals surface area (Å²) in [7, 11) is 0. The van der Waals surface area contributed by atoms with Crippen molar-refractivity contribution in [3.8, 4) is 0 Å². The number of nitrogens with one attached hydrogen (secondary N) is 6. The van der Waals surface area contributed by atoms with Crippen LogP contribution < -0.4 is 37.6 Å². The number of hydrogen-bond donors (Lipinski definition) is 13. The van der Waals surface area contributed by atoms with Gasteiger partial charge in [0.15, 0.2) is 0 Å². The second-order valence-corrected chi connectivity index (χ2v) is 11.5. The molecule has 0 spiro atoms. The zero-order chi connectivity index (χ0) is 39.8. The smallest absolute Gasteiger partial charge is 0.326 e. The van der Waals surface area contributed by atoms with Gasteiger partial charge in [0.05, 0.1) is 0 Å². The van der Waals surface area contributed by atoms with E-state index in [1.165, 1.54) is 0 Å². The second kappa shape index (κ2) is 25.2. The molecule has 52 heavy (non-hydrogen) atoms. The maximum absolute atomic E-state index is 12.2. The van der Waals surface area contributed by atoms with E-state index >= 15 is 0 Å². The van der Waals surface area contributed by atoms with E-state index in [1.807, 2.05) is 10.6 Å². The summed E-state index contributed by atoms with van der Waals surface area (Å²) >= 11 is 0. The van der Waals surface area contributed by atoms with Crippen LogP contribution in [0.1, 0.15) is 77.0 Å². The molecule has 0 saturated heterocycles. The zero-order valence-electron chi connectivity index (χ0n) is 28.1. The summed E-state index contributed by atoms with van der Waals surface area (Å²) in [6.45, 7) is 0.233. The zero-order valence-corrected chi connectivity index (χ0v) is 28.1. The molecule has 0 radical (unpaired) electrons. The number of carbonyl (C=O) groups excluding carboxylic acids is 4. The molecular formula is C29H47N7O16. The highest BCUT2D eigenvalue weighted by Gasteiger charge is 2.26. The van der Waals surface area contributed by atoms with Crippen molar-refractivity contribution >= 4 is 59.7 Å². The van der Waals surface area contributed by atoms with Gasteiger partial charge in [-0.25, -0.2) is 28.8 Å². The number of hydrogen-bond acceptors (Lipinski definition) is 11. The first kappa shape index (κ1) is 46.3. The van der Waals surface area contributed by atoms with Crippen LogP contribution in [0, 0.1) is 0 Å². The molecule has 23 heteroatoms. The molecule has 0 aliphatic heterocycles. The molecule has 0 aromatic heterocycles. The van der Waals surface area contributed by atoms with E-state index in [2.05, 4.69) is 21.3 Å². The average Bonchev–Trinajstić information content (AvgIpc) is 3.02. The fourth-order valence-corrected chi connectivity index (χ4v) is 4.38. The molecule has 0 aliphatic rings. The van der Waals surface area contributed by atoms with Crippen LogP contribution in [-0.4, -0.2) is 134 Å². The van der Waals surface area contributed by atoms with E-state index in [4.69, 9.17) is 26.2 Å². The molecule has 0 fully saturated rings. The number of carbonyl (C=O) groups is 10. The van der Waals surface area contributed by atoms with Crippen molar-refractivity contribution in [2.24, 2.45) is 5.73 Å². The fraction of sp³-hybridized carbons (Fsp3) is 0.655. The summed E-state index contributed by atoms with van der Waals surface area (Å²) in [4.78, 5) is 115. The van der Waals surface area contributed by atoms with E-state index in [1.54, 1.807) is 0 Å². The Kier molecular flexibility index (Phi) is 22.5. The van der Waals surface area contributed by atoms with Gasteiger partial charge in [-0.3, -0.25) is 19.2 Å². The van der Waals surface area contributed by atoms with E-state index in [0.717, 1.165) is 0 Å². The fourth-order valence-electron chi connectivity index (χ4n) is 4.38. The Hall–Kier alpha value is -5.74. The van der Waals surface area contributed by atoms with E-state index in [9.17, 15) is 58.2 Å². The molecule has 0 aromatic carbocycles. The van der Waals surface area contributed by atoms with Gasteiger partial charge < -0.3 is 68.3 Å². The molecule has 0 aliphatic carbocycles. The first-order valence-electron chi connectivity index (χ1n) is 16.1. The van der Waals surface area contributed by atoms with E-state index in [0.29, 0.717) is 12.8 Å². The van der Waals surface area contributed by atoms with Gasteiger partial charge in [-0.05, 0) is 51.4 Å². The Morgan fingerprint density at radius 2 is 0.731 bits per heavy atom. The summed E-state index contributed by atoms with van der Waals surface area (Å²) in [5.41, 5.74) is 5.87. The molecule has 6 amide bonds. The van der Waals surface area contributed by atoms with Gasteiger partial charge in [0, 0.05) is 44.8 Å². The van der Waals surface area contributed by atoms with Gasteiger partial charge in [0.1, 0.15) is 24.2 Å². The molecule has 0 unspecified atom stereocenters. The molecule has 23 nitrogen and oxygen atoms in total. The lowest BCUT2D eigenvalue weighted by Crippen LogP contribution is -2.51. The molecule has 0 bridgehead atoms. The lowest BCUT2D eigenvalue weighted by atomic mass is 10.1. The largest absolute Gasteiger partial charge is 0.481 e. The molecule has 0 saturated carbocycles. The molecule has 294 valence electrons. The van der Waals surface area contributed by atoms with Crippen molar-refractivity contribution in [1.82, 2.24) is 31.9 Å². The van der Waals surface area contributed by atoms with Crippen LogP contribution >= 0.6 is 0 Å². The van der Waals surface area contributed by atoms with E-state index < -0.39 is 116 Å². The Morgan fingerprint density at radius 3 is 1.00 bits per heavy atom. The lowest BCUT2D eigenvalue weighted by Gasteiger charge is -2.18. The summed E-state index contributed by atoms with van der Waals surface area (Å²) in [6.07, 6.45) is -1.42. The summed E-state index contributed by atoms with van der Waals surface area (Å²) < 4.78 is 0. The number of aliphatic carboxylic acids is 6. The van der Waals surface area contributed by atoms with Crippen LogP contribution in [0.15, 0.2) is 0 Å². The molecule has 0 aromatic rings. The van der Waals surface area contributed by atoms with Crippen LogP contribution in [0.25, 0.3) is 0 Å². The number of unbranched alkanes of at least 4 members (excludes halogenated alkanes) is 2. The third-order valence-electron chi connectivity index (χ3n) is 7.09. The van der Waals surface area contributed by atoms with Gasteiger partial charge >= 0.3 is 47.9 Å². The van der Waals surface area contributed by atoms with Crippen LogP contribution in [0.2, 0.25) is 0 Å². The normalized spacial score (nSPS) is 13.0. The van der Waals surface area contributed by atoms with Crippen molar-refractivity contribution in [1.29, 1.82) is 0 Å².